The number of rotatable bonds is 4. The molecule has 0 aromatic heterocycles. The van der Waals surface area contributed by atoms with E-state index in [0.29, 0.717) is 12.0 Å². The maximum atomic E-state index is 12.9. The second-order valence-corrected chi connectivity index (χ2v) is 10.8. The van der Waals surface area contributed by atoms with Crippen molar-refractivity contribution in [1.82, 2.24) is 4.90 Å². The summed E-state index contributed by atoms with van der Waals surface area (Å²) in [5, 5.41) is 0. The summed E-state index contributed by atoms with van der Waals surface area (Å²) in [6.07, 6.45) is 5.95. The molecule has 5 rings (SSSR count). The van der Waals surface area contributed by atoms with Gasteiger partial charge in [0.2, 0.25) is 0 Å². The fourth-order valence-corrected chi connectivity index (χ4v) is 6.96. The van der Waals surface area contributed by atoms with Gasteiger partial charge in [0.1, 0.15) is 11.9 Å². The Morgan fingerprint density at radius 1 is 1.22 bits per heavy atom. The van der Waals surface area contributed by atoms with E-state index in [2.05, 4.69) is 42.7 Å². The molecule has 0 bridgehead atoms. The molecule has 1 aromatic rings. The van der Waals surface area contributed by atoms with Crippen molar-refractivity contribution in [2.45, 2.75) is 65.0 Å². The Labute approximate surface area is 192 Å². The van der Waals surface area contributed by atoms with Gasteiger partial charge in [-0.1, -0.05) is 18.1 Å². The highest BCUT2D eigenvalue weighted by Crippen LogP contribution is 2.55. The maximum absolute atomic E-state index is 12.9. The van der Waals surface area contributed by atoms with Crippen LogP contribution in [0.3, 0.4) is 0 Å². The maximum Gasteiger partial charge on any atom is 0.310 e. The largest absolute Gasteiger partial charge is 0.497 e. The summed E-state index contributed by atoms with van der Waals surface area (Å²) in [5.41, 5.74) is 4.71. The molecule has 0 amide bonds. The third-order valence-electron chi connectivity index (χ3n) is 8.75. The smallest absolute Gasteiger partial charge is 0.310 e. The van der Waals surface area contributed by atoms with Gasteiger partial charge in [-0.2, -0.15) is 0 Å². The van der Waals surface area contributed by atoms with Crippen molar-refractivity contribution in [2.75, 3.05) is 38.2 Å². The minimum Gasteiger partial charge on any atom is -0.497 e. The van der Waals surface area contributed by atoms with E-state index in [1.54, 1.807) is 18.3 Å². The van der Waals surface area contributed by atoms with Gasteiger partial charge in [-0.3, -0.25) is 9.69 Å². The fourth-order valence-electron chi connectivity index (χ4n) is 6.96. The number of benzene rings is 1. The fraction of sp³-hybridized carbons (Fsp3) is 0.667. The highest BCUT2D eigenvalue weighted by atomic mass is 16.6. The van der Waals surface area contributed by atoms with Crippen LogP contribution in [0.5, 0.6) is 5.75 Å². The Morgan fingerprint density at radius 3 is 2.72 bits per heavy atom. The number of fused-ring (bicyclic) bond motifs is 2. The van der Waals surface area contributed by atoms with Crippen LogP contribution in [0, 0.1) is 17.3 Å². The number of ether oxygens (including phenoxy) is 2. The van der Waals surface area contributed by atoms with Crippen molar-refractivity contribution in [2.24, 2.45) is 17.3 Å². The summed E-state index contributed by atoms with van der Waals surface area (Å²) in [4.78, 5) is 17.9. The minimum absolute atomic E-state index is 0.0199. The Kier molecular flexibility index (Phi) is 5.73. The van der Waals surface area contributed by atoms with Gasteiger partial charge in [-0.25, -0.2) is 0 Å². The van der Waals surface area contributed by atoms with Gasteiger partial charge in [0, 0.05) is 43.8 Å². The van der Waals surface area contributed by atoms with E-state index in [1.807, 2.05) is 12.1 Å². The third kappa shape index (κ3) is 3.83. The Bertz CT molecular complexity index is 895. The zero-order valence-electron chi connectivity index (χ0n) is 20.1. The number of esters is 1. The molecule has 5 atom stereocenters. The summed E-state index contributed by atoms with van der Waals surface area (Å²) in [6.45, 7) is 10.8. The van der Waals surface area contributed by atoms with Crippen LogP contribution >= 0.6 is 0 Å². The van der Waals surface area contributed by atoms with E-state index in [1.165, 1.54) is 24.9 Å². The molecular weight excluding hydrogens is 400 g/mol. The van der Waals surface area contributed by atoms with E-state index in [4.69, 9.17) is 9.47 Å². The van der Waals surface area contributed by atoms with Crippen molar-refractivity contribution in [3.63, 3.8) is 0 Å². The van der Waals surface area contributed by atoms with Crippen LogP contribution in [0.25, 0.3) is 0 Å². The highest BCUT2D eigenvalue weighted by Gasteiger charge is 2.53. The molecule has 2 heterocycles. The zero-order valence-corrected chi connectivity index (χ0v) is 20.1. The quantitative estimate of drug-likeness (QED) is 0.505. The predicted octanol–water partition coefficient (Wildman–Crippen LogP) is 4.66. The number of carbonyl (C=O) groups is 1. The number of methoxy groups -OCH3 is 1. The summed E-state index contributed by atoms with van der Waals surface area (Å²) >= 11 is 0. The lowest BCUT2D eigenvalue weighted by Crippen LogP contribution is -2.53. The van der Waals surface area contributed by atoms with E-state index in [9.17, 15) is 4.79 Å². The molecule has 5 heteroatoms. The normalized spacial score (nSPS) is 35.4. The lowest BCUT2D eigenvalue weighted by Gasteiger charge is -2.46. The van der Waals surface area contributed by atoms with Crippen molar-refractivity contribution in [3.05, 3.63) is 35.4 Å². The number of carbonyl (C=O) groups excluding carboxylic acids is 1. The van der Waals surface area contributed by atoms with Crippen molar-refractivity contribution in [1.29, 1.82) is 0 Å². The van der Waals surface area contributed by atoms with Crippen molar-refractivity contribution < 1.29 is 14.3 Å². The lowest BCUT2D eigenvalue weighted by molar-refractivity contribution is -0.145. The van der Waals surface area contributed by atoms with Gasteiger partial charge in [0.25, 0.3) is 0 Å². The first-order valence-electron chi connectivity index (χ1n) is 12.4. The Balaban J connectivity index is 1.25. The van der Waals surface area contributed by atoms with Gasteiger partial charge in [-0.15, -0.1) is 0 Å². The van der Waals surface area contributed by atoms with Crippen LogP contribution in [0.15, 0.2) is 35.4 Å². The Morgan fingerprint density at radius 2 is 2.00 bits per heavy atom. The molecule has 2 aliphatic heterocycles. The number of allylic oxidation sites excluding steroid dienone is 2. The Hall–Kier alpha value is -2.01. The molecule has 0 N–H and O–H groups in total. The summed E-state index contributed by atoms with van der Waals surface area (Å²) < 4.78 is 11.3. The average molecular weight is 439 g/mol. The first-order chi connectivity index (χ1) is 15.4. The molecule has 2 aliphatic carbocycles. The summed E-state index contributed by atoms with van der Waals surface area (Å²) in [5.74, 6) is 1.31. The highest BCUT2D eigenvalue weighted by molar-refractivity contribution is 5.76. The molecule has 174 valence electrons. The zero-order chi connectivity index (χ0) is 22.5. The monoisotopic (exact) mass is 438 g/mol. The van der Waals surface area contributed by atoms with E-state index < -0.39 is 0 Å². The van der Waals surface area contributed by atoms with Gasteiger partial charge in [0.05, 0.1) is 13.0 Å². The van der Waals surface area contributed by atoms with Gasteiger partial charge < -0.3 is 14.4 Å². The van der Waals surface area contributed by atoms with Gasteiger partial charge in [0.15, 0.2) is 0 Å². The average Bonchev–Trinajstić information content (AvgIpc) is 3.06. The van der Waals surface area contributed by atoms with Crippen LogP contribution in [0.1, 0.15) is 52.9 Å². The molecule has 0 radical (unpaired) electrons. The third-order valence-corrected chi connectivity index (χ3v) is 8.75. The van der Waals surface area contributed by atoms with Crippen molar-refractivity contribution in [3.8, 4) is 5.75 Å². The molecule has 0 spiro atoms. The number of anilines is 1. The first kappa shape index (κ1) is 21.8. The van der Waals surface area contributed by atoms with Gasteiger partial charge in [-0.05, 0) is 75.6 Å². The SMILES string of the molecule is COc1ccc(N2CCN(C[C@@H]3C(=O)O[C@@H]4C[C@@]5(C)CCCC(C)=C5C[C@H]34)C[C@@H]2C)cc1. The number of piperazine rings is 1. The number of hydrogen-bond donors (Lipinski definition) is 0. The van der Waals surface area contributed by atoms with Crippen LogP contribution in [-0.2, 0) is 9.53 Å². The van der Waals surface area contributed by atoms with Crippen LogP contribution in [0.2, 0.25) is 0 Å². The van der Waals surface area contributed by atoms with E-state index in [-0.39, 0.29) is 23.4 Å². The topological polar surface area (TPSA) is 42.0 Å². The summed E-state index contributed by atoms with van der Waals surface area (Å²) in [7, 11) is 1.70. The molecule has 3 fully saturated rings. The predicted molar refractivity (Wildman–Crippen MR) is 127 cm³/mol. The molecule has 4 aliphatic rings. The number of nitrogens with zero attached hydrogens (tertiary/aromatic N) is 2. The molecule has 32 heavy (non-hydrogen) atoms. The second kappa shape index (κ2) is 8.40. The second-order valence-electron chi connectivity index (χ2n) is 10.8. The van der Waals surface area contributed by atoms with Crippen molar-refractivity contribution >= 4 is 11.7 Å². The minimum atomic E-state index is 0.0199. The molecule has 1 saturated carbocycles. The van der Waals surface area contributed by atoms with Crippen LogP contribution in [0.4, 0.5) is 5.69 Å². The van der Waals surface area contributed by atoms with E-state index >= 15 is 0 Å². The molecule has 1 aromatic carbocycles. The van der Waals surface area contributed by atoms with E-state index in [0.717, 1.165) is 44.8 Å². The molecule has 0 unspecified atom stereocenters. The van der Waals surface area contributed by atoms with Gasteiger partial charge >= 0.3 is 5.97 Å². The summed E-state index contributed by atoms with van der Waals surface area (Å²) in [6, 6.07) is 8.75. The lowest BCUT2D eigenvalue weighted by atomic mass is 9.59. The first-order valence-corrected chi connectivity index (χ1v) is 12.4. The molecule has 5 nitrogen and oxygen atoms in total. The van der Waals surface area contributed by atoms with Crippen LogP contribution in [-0.4, -0.2) is 56.3 Å². The number of hydrogen-bond acceptors (Lipinski definition) is 5. The van der Waals surface area contributed by atoms with Crippen LogP contribution < -0.4 is 9.64 Å². The molecular formula is C27H38N2O3. The molecule has 2 saturated heterocycles. The standard InChI is InChI=1S/C27H38N2O3/c1-18-6-5-11-27(3)15-25-22(14-24(18)27)23(26(30)32-25)17-28-12-13-29(19(2)16-28)20-7-9-21(31-4)10-8-20/h7-10,19,22-23,25H,5-6,11-17H2,1-4H3/t19-,22+,23-,25+,27+/m0/s1.